The Morgan fingerprint density at radius 3 is 2.60 bits per heavy atom. The lowest BCUT2D eigenvalue weighted by molar-refractivity contribution is 0.245. The van der Waals surface area contributed by atoms with Gasteiger partial charge in [-0.3, -0.25) is 4.90 Å². The summed E-state index contributed by atoms with van der Waals surface area (Å²) in [6.07, 6.45) is 1.10. The average molecular weight is 399 g/mol. The van der Waals surface area contributed by atoms with E-state index in [2.05, 4.69) is 47.4 Å². The predicted octanol–water partition coefficient (Wildman–Crippen LogP) is 5.68. The Labute approximate surface area is 176 Å². The first-order valence-electron chi connectivity index (χ1n) is 10.3. The predicted molar refractivity (Wildman–Crippen MR) is 119 cm³/mol. The molecule has 0 aliphatic carbocycles. The summed E-state index contributed by atoms with van der Waals surface area (Å²) in [4.78, 5) is 2.49. The van der Waals surface area contributed by atoms with Crippen LogP contribution in [0.4, 0.5) is 0 Å². The molecule has 1 aromatic heterocycles. The molecule has 0 saturated carbocycles. The number of methoxy groups -OCH3 is 2. The summed E-state index contributed by atoms with van der Waals surface area (Å²) in [6.45, 7) is 2.94. The number of furan rings is 1. The van der Waals surface area contributed by atoms with Crippen molar-refractivity contribution in [1.29, 1.82) is 0 Å². The van der Waals surface area contributed by atoms with E-state index >= 15 is 0 Å². The van der Waals surface area contributed by atoms with Gasteiger partial charge in [-0.2, -0.15) is 0 Å². The van der Waals surface area contributed by atoms with Crippen molar-refractivity contribution in [1.82, 2.24) is 4.90 Å². The zero-order valence-corrected chi connectivity index (χ0v) is 17.4. The van der Waals surface area contributed by atoms with Gasteiger partial charge in [0.2, 0.25) is 0 Å². The van der Waals surface area contributed by atoms with E-state index in [0.29, 0.717) is 0 Å². The van der Waals surface area contributed by atoms with Crippen LogP contribution in [0.25, 0.3) is 22.3 Å². The minimum atomic E-state index is 0.772. The molecule has 30 heavy (non-hydrogen) atoms. The van der Waals surface area contributed by atoms with Crippen LogP contribution in [-0.4, -0.2) is 25.7 Å². The maximum absolute atomic E-state index is 6.17. The quantitative estimate of drug-likeness (QED) is 0.433. The van der Waals surface area contributed by atoms with Crippen molar-refractivity contribution in [3.05, 3.63) is 83.4 Å². The van der Waals surface area contributed by atoms with Gasteiger partial charge in [0.15, 0.2) is 11.3 Å². The Balaban J connectivity index is 1.45. The molecule has 2 heterocycles. The monoisotopic (exact) mass is 399 g/mol. The van der Waals surface area contributed by atoms with Gasteiger partial charge in [-0.25, -0.2) is 0 Å². The minimum absolute atomic E-state index is 0.772. The molecule has 0 spiro atoms. The highest BCUT2D eigenvalue weighted by Crippen LogP contribution is 2.36. The minimum Gasteiger partial charge on any atom is -0.497 e. The molecule has 0 saturated heterocycles. The lowest BCUT2D eigenvalue weighted by atomic mass is 9.99. The summed E-state index contributed by atoms with van der Waals surface area (Å²) in [5, 5.41) is 1.06. The van der Waals surface area contributed by atoms with Gasteiger partial charge < -0.3 is 13.9 Å². The number of fused-ring (bicyclic) bond motifs is 2. The normalized spacial score (nSPS) is 13.9. The van der Waals surface area contributed by atoms with E-state index in [1.807, 2.05) is 24.3 Å². The van der Waals surface area contributed by atoms with Gasteiger partial charge in [-0.1, -0.05) is 36.4 Å². The molecule has 4 nitrogen and oxygen atoms in total. The molecule has 0 fully saturated rings. The first kappa shape index (κ1) is 18.8. The number of hydrogen-bond donors (Lipinski definition) is 0. The maximum atomic E-state index is 6.17. The molecular weight excluding hydrogens is 374 g/mol. The summed E-state index contributed by atoms with van der Waals surface area (Å²) in [5.41, 5.74) is 5.90. The molecule has 4 aromatic rings. The van der Waals surface area contributed by atoms with Gasteiger partial charge in [0.05, 0.1) is 14.2 Å². The Hall–Kier alpha value is -3.24. The molecule has 5 rings (SSSR count). The maximum Gasteiger partial charge on any atom is 0.176 e. The van der Waals surface area contributed by atoms with Gasteiger partial charge in [-0.05, 0) is 53.4 Å². The topological polar surface area (TPSA) is 34.8 Å². The Morgan fingerprint density at radius 1 is 0.900 bits per heavy atom. The second-order valence-corrected chi connectivity index (χ2v) is 7.79. The van der Waals surface area contributed by atoms with Crippen LogP contribution in [0, 0.1) is 0 Å². The van der Waals surface area contributed by atoms with E-state index in [4.69, 9.17) is 13.9 Å². The lowest BCUT2D eigenvalue weighted by Crippen LogP contribution is -2.29. The van der Waals surface area contributed by atoms with Crippen molar-refractivity contribution in [3.63, 3.8) is 0 Å². The smallest absolute Gasteiger partial charge is 0.176 e. The van der Waals surface area contributed by atoms with E-state index in [-0.39, 0.29) is 0 Å². The zero-order chi connectivity index (χ0) is 20.5. The van der Waals surface area contributed by atoms with Crippen molar-refractivity contribution in [2.45, 2.75) is 19.5 Å². The average Bonchev–Trinajstić information content (AvgIpc) is 3.23. The Morgan fingerprint density at radius 2 is 1.77 bits per heavy atom. The van der Waals surface area contributed by atoms with Crippen LogP contribution >= 0.6 is 0 Å². The molecule has 4 heteroatoms. The highest BCUT2D eigenvalue weighted by Gasteiger charge is 2.18. The van der Waals surface area contributed by atoms with Crippen molar-refractivity contribution in [2.24, 2.45) is 0 Å². The van der Waals surface area contributed by atoms with Crippen LogP contribution in [0.5, 0.6) is 11.5 Å². The largest absolute Gasteiger partial charge is 0.497 e. The van der Waals surface area contributed by atoms with E-state index in [1.54, 1.807) is 14.2 Å². The molecule has 0 unspecified atom stereocenters. The molecule has 1 aliphatic rings. The van der Waals surface area contributed by atoms with Gasteiger partial charge in [-0.15, -0.1) is 0 Å². The van der Waals surface area contributed by atoms with Crippen LogP contribution in [-0.2, 0) is 19.5 Å². The number of hydrogen-bond acceptors (Lipinski definition) is 4. The summed E-state index contributed by atoms with van der Waals surface area (Å²) in [5.74, 6) is 2.39. The fraction of sp³-hybridized carbons (Fsp3) is 0.231. The molecule has 3 aromatic carbocycles. The number of benzene rings is 3. The number of ether oxygens (including phenoxy) is 2. The van der Waals surface area contributed by atoms with Crippen LogP contribution < -0.4 is 9.47 Å². The zero-order valence-electron chi connectivity index (χ0n) is 17.4. The van der Waals surface area contributed by atoms with Crippen molar-refractivity contribution in [2.75, 3.05) is 20.8 Å². The second-order valence-electron chi connectivity index (χ2n) is 7.79. The number of nitrogens with zero attached hydrogens (tertiary/aromatic N) is 1. The molecule has 1 aliphatic heterocycles. The summed E-state index contributed by atoms with van der Waals surface area (Å²) in [6, 6.07) is 23.0. The third kappa shape index (κ3) is 3.55. The van der Waals surface area contributed by atoms with Crippen molar-refractivity contribution in [3.8, 4) is 22.8 Å². The van der Waals surface area contributed by atoms with Crippen LogP contribution in [0.2, 0.25) is 0 Å². The van der Waals surface area contributed by atoms with Crippen molar-refractivity contribution < 1.29 is 13.9 Å². The van der Waals surface area contributed by atoms with E-state index < -0.39 is 0 Å². The Kier molecular flexibility index (Phi) is 4.93. The molecule has 0 atom stereocenters. The molecular formula is C26H25NO3. The van der Waals surface area contributed by atoms with Gasteiger partial charge in [0.25, 0.3) is 0 Å². The third-order valence-electron chi connectivity index (χ3n) is 5.83. The molecule has 0 bridgehead atoms. The second kappa shape index (κ2) is 7.88. The SMILES string of the molecule is COc1cccc(-c2cc3cc(CN4CCc5ccccc5C4)cc(OC)c3o2)c1. The van der Waals surface area contributed by atoms with Crippen LogP contribution in [0.15, 0.2) is 71.1 Å². The molecule has 0 amide bonds. The molecule has 152 valence electrons. The van der Waals surface area contributed by atoms with Gasteiger partial charge in [0, 0.05) is 30.6 Å². The first-order chi connectivity index (χ1) is 14.7. The fourth-order valence-corrected chi connectivity index (χ4v) is 4.29. The lowest BCUT2D eigenvalue weighted by Gasteiger charge is -2.28. The number of rotatable bonds is 5. The highest BCUT2D eigenvalue weighted by molar-refractivity contribution is 5.88. The van der Waals surface area contributed by atoms with Gasteiger partial charge >= 0.3 is 0 Å². The van der Waals surface area contributed by atoms with E-state index in [0.717, 1.165) is 59.8 Å². The first-order valence-corrected chi connectivity index (χ1v) is 10.3. The van der Waals surface area contributed by atoms with Crippen molar-refractivity contribution >= 4 is 11.0 Å². The third-order valence-corrected chi connectivity index (χ3v) is 5.83. The standard InChI is InChI=1S/C26H25NO3/c1-28-23-9-5-8-20(14-23)24-15-22-12-18(13-25(29-2)26(22)30-24)16-27-11-10-19-6-3-4-7-21(19)17-27/h3-9,12-15H,10-11,16-17H2,1-2H3. The highest BCUT2D eigenvalue weighted by atomic mass is 16.5. The summed E-state index contributed by atoms with van der Waals surface area (Å²) >= 11 is 0. The van der Waals surface area contributed by atoms with Crippen LogP contribution in [0.1, 0.15) is 16.7 Å². The van der Waals surface area contributed by atoms with E-state index in [1.165, 1.54) is 16.7 Å². The Bertz CT molecular complexity index is 1190. The summed E-state index contributed by atoms with van der Waals surface area (Å²) in [7, 11) is 3.37. The molecule has 0 N–H and O–H groups in total. The molecule has 0 radical (unpaired) electrons. The van der Waals surface area contributed by atoms with E-state index in [9.17, 15) is 0 Å². The van der Waals surface area contributed by atoms with Gasteiger partial charge in [0.1, 0.15) is 11.5 Å². The fourth-order valence-electron chi connectivity index (χ4n) is 4.29. The summed E-state index contributed by atoms with van der Waals surface area (Å²) < 4.78 is 17.2. The van der Waals surface area contributed by atoms with Crippen LogP contribution in [0.3, 0.4) is 0 Å².